The molecule has 0 radical (unpaired) electrons. The van der Waals surface area contributed by atoms with E-state index in [2.05, 4.69) is 14.2 Å². The lowest BCUT2D eigenvalue weighted by Gasteiger charge is -2.38. The molecule has 4 nitrogen and oxygen atoms in total. The molecular formula is C19H26F2N4S. The molecule has 2 aromatic rings. The number of nitrogens with two attached hydrogens (primary N) is 1. The molecule has 0 amide bonds. The summed E-state index contributed by atoms with van der Waals surface area (Å²) in [7, 11) is 0. The van der Waals surface area contributed by atoms with Crippen molar-refractivity contribution in [3.63, 3.8) is 0 Å². The van der Waals surface area contributed by atoms with Crippen LogP contribution in [0.15, 0.2) is 18.2 Å². The van der Waals surface area contributed by atoms with Gasteiger partial charge in [-0.15, -0.1) is 0 Å². The van der Waals surface area contributed by atoms with Gasteiger partial charge in [0.2, 0.25) is 0 Å². The summed E-state index contributed by atoms with van der Waals surface area (Å²) in [5.74, 6) is 0.731. The molecule has 4 rings (SSSR count). The Morgan fingerprint density at radius 2 is 1.92 bits per heavy atom. The molecule has 0 bridgehead atoms. The Morgan fingerprint density at radius 1 is 1.19 bits per heavy atom. The first-order valence-electron chi connectivity index (χ1n) is 9.49. The molecule has 7 heteroatoms. The van der Waals surface area contributed by atoms with Crippen LogP contribution in [0.3, 0.4) is 0 Å². The van der Waals surface area contributed by atoms with Crippen molar-refractivity contribution in [1.29, 1.82) is 0 Å². The van der Waals surface area contributed by atoms with E-state index < -0.39 is 5.67 Å². The van der Waals surface area contributed by atoms with Gasteiger partial charge in [-0.25, -0.2) is 8.78 Å². The molecule has 1 saturated heterocycles. The van der Waals surface area contributed by atoms with Gasteiger partial charge < -0.3 is 10.6 Å². The van der Waals surface area contributed by atoms with Crippen molar-refractivity contribution < 1.29 is 8.78 Å². The van der Waals surface area contributed by atoms with Crippen LogP contribution >= 0.6 is 11.5 Å². The highest BCUT2D eigenvalue weighted by Gasteiger charge is 2.34. The Morgan fingerprint density at radius 3 is 2.65 bits per heavy atom. The molecule has 142 valence electrons. The standard InChI is InChI=1S/C19H26F2N4S/c20-14-1-2-16-17(13-14)26-23-18(16)25-11-9-24(10-12-25)8-7-19(21)5-3-15(22)4-6-19/h1-2,13,15H,3-12,22H2. The fourth-order valence-corrected chi connectivity index (χ4v) is 4.90. The molecule has 26 heavy (non-hydrogen) atoms. The molecule has 2 N–H and O–H groups in total. The average Bonchev–Trinajstić information content (AvgIpc) is 3.06. The van der Waals surface area contributed by atoms with Crippen LogP contribution in [0.25, 0.3) is 10.1 Å². The lowest BCUT2D eigenvalue weighted by atomic mass is 9.82. The van der Waals surface area contributed by atoms with Crippen molar-refractivity contribution in [3.8, 4) is 0 Å². The van der Waals surface area contributed by atoms with E-state index in [1.807, 2.05) is 6.07 Å². The monoisotopic (exact) mass is 380 g/mol. The third-order valence-corrected chi connectivity index (χ3v) is 6.69. The van der Waals surface area contributed by atoms with E-state index in [1.165, 1.54) is 17.6 Å². The van der Waals surface area contributed by atoms with Crippen LogP contribution in [0.1, 0.15) is 32.1 Å². The number of hydrogen-bond donors (Lipinski definition) is 1. The minimum atomic E-state index is -1.03. The lowest BCUT2D eigenvalue weighted by molar-refractivity contribution is 0.0727. The van der Waals surface area contributed by atoms with Gasteiger partial charge in [-0.2, -0.15) is 4.37 Å². The number of rotatable bonds is 4. The molecule has 2 fully saturated rings. The smallest absolute Gasteiger partial charge is 0.150 e. The third kappa shape index (κ3) is 3.85. The highest BCUT2D eigenvalue weighted by molar-refractivity contribution is 7.13. The molecule has 1 aliphatic heterocycles. The largest absolute Gasteiger partial charge is 0.353 e. The maximum absolute atomic E-state index is 14.9. The quantitative estimate of drug-likeness (QED) is 0.881. The number of anilines is 1. The number of fused-ring (bicyclic) bond motifs is 1. The van der Waals surface area contributed by atoms with Crippen molar-refractivity contribution >= 4 is 27.4 Å². The van der Waals surface area contributed by atoms with Gasteiger partial charge in [0, 0.05) is 44.2 Å². The van der Waals surface area contributed by atoms with E-state index in [-0.39, 0.29) is 11.9 Å². The summed E-state index contributed by atoms with van der Waals surface area (Å²) in [6.07, 6.45) is 3.44. The van der Waals surface area contributed by atoms with E-state index in [1.54, 1.807) is 6.07 Å². The zero-order valence-corrected chi connectivity index (χ0v) is 15.8. The Bertz CT molecular complexity index is 749. The van der Waals surface area contributed by atoms with Crippen LogP contribution in [-0.2, 0) is 0 Å². The average molecular weight is 381 g/mol. The van der Waals surface area contributed by atoms with E-state index >= 15 is 0 Å². The normalized spacial score (nSPS) is 28.0. The molecule has 1 aromatic carbocycles. The van der Waals surface area contributed by atoms with E-state index in [4.69, 9.17) is 5.73 Å². The zero-order valence-electron chi connectivity index (χ0n) is 15.0. The molecule has 0 atom stereocenters. The first-order valence-corrected chi connectivity index (χ1v) is 10.3. The number of aromatic nitrogens is 1. The van der Waals surface area contributed by atoms with Crippen molar-refractivity contribution in [1.82, 2.24) is 9.27 Å². The van der Waals surface area contributed by atoms with Crippen LogP contribution in [0.5, 0.6) is 0 Å². The second-order valence-corrected chi connectivity index (χ2v) is 8.52. The van der Waals surface area contributed by atoms with E-state index in [0.717, 1.165) is 61.5 Å². The van der Waals surface area contributed by atoms with Gasteiger partial charge in [0.05, 0.1) is 4.70 Å². The lowest BCUT2D eigenvalue weighted by Crippen LogP contribution is -2.48. The van der Waals surface area contributed by atoms with E-state index in [9.17, 15) is 8.78 Å². The van der Waals surface area contributed by atoms with Crippen LogP contribution in [0, 0.1) is 5.82 Å². The Balaban J connectivity index is 1.31. The summed E-state index contributed by atoms with van der Waals surface area (Å²) in [5.41, 5.74) is 4.87. The molecule has 1 saturated carbocycles. The van der Waals surface area contributed by atoms with Crippen LogP contribution in [-0.4, -0.2) is 53.7 Å². The molecule has 2 aliphatic rings. The van der Waals surface area contributed by atoms with Crippen LogP contribution in [0.2, 0.25) is 0 Å². The summed E-state index contributed by atoms with van der Waals surface area (Å²) in [4.78, 5) is 4.61. The van der Waals surface area contributed by atoms with Crippen molar-refractivity contribution in [3.05, 3.63) is 24.0 Å². The number of nitrogens with zero attached hydrogens (tertiary/aromatic N) is 3. The van der Waals surface area contributed by atoms with E-state index in [0.29, 0.717) is 19.3 Å². The Kier molecular flexibility index (Phi) is 5.12. The molecule has 0 unspecified atom stereocenters. The van der Waals surface area contributed by atoms with Gasteiger partial charge in [-0.3, -0.25) is 4.90 Å². The van der Waals surface area contributed by atoms with Crippen molar-refractivity contribution in [2.24, 2.45) is 5.73 Å². The first-order chi connectivity index (χ1) is 12.5. The Hall–Kier alpha value is -1.31. The number of piperazine rings is 1. The number of alkyl halides is 1. The molecular weight excluding hydrogens is 354 g/mol. The van der Waals surface area contributed by atoms with Crippen molar-refractivity contribution in [2.45, 2.75) is 43.8 Å². The second kappa shape index (κ2) is 7.37. The number of halogens is 2. The molecule has 0 spiro atoms. The summed E-state index contributed by atoms with van der Waals surface area (Å²) in [5, 5.41) is 1.02. The predicted octanol–water partition coefficient (Wildman–Crippen LogP) is 3.56. The highest BCUT2D eigenvalue weighted by Crippen LogP contribution is 2.35. The van der Waals surface area contributed by atoms with Gasteiger partial charge in [-0.05, 0) is 61.8 Å². The number of hydrogen-bond acceptors (Lipinski definition) is 5. The Labute approximate surface area is 157 Å². The van der Waals surface area contributed by atoms with Crippen LogP contribution in [0.4, 0.5) is 14.6 Å². The van der Waals surface area contributed by atoms with Gasteiger partial charge in [0.15, 0.2) is 0 Å². The van der Waals surface area contributed by atoms with Gasteiger partial charge in [0.1, 0.15) is 17.3 Å². The predicted molar refractivity (Wildman–Crippen MR) is 103 cm³/mol. The summed E-state index contributed by atoms with van der Waals surface area (Å²) in [6.45, 7) is 4.38. The minimum Gasteiger partial charge on any atom is -0.353 e. The fourth-order valence-electron chi connectivity index (χ4n) is 4.08. The highest BCUT2D eigenvalue weighted by atomic mass is 32.1. The SMILES string of the molecule is NC1CCC(F)(CCN2CCN(c3nsc4cc(F)ccc34)CC2)CC1. The molecule has 1 aromatic heterocycles. The van der Waals surface area contributed by atoms with Gasteiger partial charge in [0.25, 0.3) is 0 Å². The maximum atomic E-state index is 14.9. The molecule has 2 heterocycles. The topological polar surface area (TPSA) is 45.4 Å². The summed E-state index contributed by atoms with van der Waals surface area (Å²) in [6, 6.07) is 5.04. The summed E-state index contributed by atoms with van der Waals surface area (Å²) >= 11 is 1.35. The van der Waals surface area contributed by atoms with Crippen LogP contribution < -0.4 is 10.6 Å². The second-order valence-electron chi connectivity index (χ2n) is 7.71. The number of benzene rings is 1. The summed E-state index contributed by atoms with van der Waals surface area (Å²) < 4.78 is 33.6. The zero-order chi connectivity index (χ0) is 18.1. The van der Waals surface area contributed by atoms with Crippen molar-refractivity contribution in [2.75, 3.05) is 37.6 Å². The van der Waals surface area contributed by atoms with Gasteiger partial charge >= 0.3 is 0 Å². The first kappa shape index (κ1) is 18.1. The minimum absolute atomic E-state index is 0.184. The third-order valence-electron chi connectivity index (χ3n) is 5.89. The molecule has 1 aliphatic carbocycles. The fraction of sp³-hybridized carbons (Fsp3) is 0.632. The maximum Gasteiger partial charge on any atom is 0.150 e. The van der Waals surface area contributed by atoms with Gasteiger partial charge in [-0.1, -0.05) is 0 Å².